The third kappa shape index (κ3) is 5.14. The SMILES string of the molecule is CSCC[C@H](NC(=O)c1ccco1)C(=O)Nc1ccc(C)cn1. The van der Waals surface area contributed by atoms with E-state index in [-0.39, 0.29) is 11.7 Å². The third-order valence-corrected chi connectivity index (χ3v) is 3.78. The molecule has 0 unspecified atom stereocenters. The Bertz CT molecular complexity index is 641. The summed E-state index contributed by atoms with van der Waals surface area (Å²) in [6.07, 6.45) is 5.56. The van der Waals surface area contributed by atoms with E-state index in [9.17, 15) is 9.59 Å². The Morgan fingerprint density at radius 1 is 1.35 bits per heavy atom. The first-order valence-electron chi connectivity index (χ1n) is 7.17. The highest BCUT2D eigenvalue weighted by Gasteiger charge is 2.22. The first-order chi connectivity index (χ1) is 11.1. The number of anilines is 1. The molecule has 2 amide bonds. The number of pyridine rings is 1. The van der Waals surface area contributed by atoms with Crippen molar-refractivity contribution in [2.75, 3.05) is 17.3 Å². The second kappa shape index (κ2) is 8.38. The fourth-order valence-corrected chi connectivity index (χ4v) is 2.37. The van der Waals surface area contributed by atoms with Crippen LogP contribution in [0.4, 0.5) is 5.82 Å². The van der Waals surface area contributed by atoms with Gasteiger partial charge in [-0.15, -0.1) is 0 Å². The van der Waals surface area contributed by atoms with Gasteiger partial charge in [0.1, 0.15) is 11.9 Å². The van der Waals surface area contributed by atoms with Crippen molar-refractivity contribution in [3.8, 4) is 0 Å². The van der Waals surface area contributed by atoms with Crippen LogP contribution < -0.4 is 10.6 Å². The van der Waals surface area contributed by atoms with Crippen LogP contribution in [0.1, 0.15) is 22.5 Å². The smallest absolute Gasteiger partial charge is 0.287 e. The van der Waals surface area contributed by atoms with Crippen LogP contribution in [0.5, 0.6) is 0 Å². The van der Waals surface area contributed by atoms with Crippen LogP contribution >= 0.6 is 11.8 Å². The van der Waals surface area contributed by atoms with E-state index in [4.69, 9.17) is 4.42 Å². The van der Waals surface area contributed by atoms with Gasteiger partial charge < -0.3 is 15.1 Å². The molecular weight excluding hydrogens is 314 g/mol. The van der Waals surface area contributed by atoms with Gasteiger partial charge in [0.2, 0.25) is 5.91 Å². The van der Waals surface area contributed by atoms with Crippen LogP contribution in [0.25, 0.3) is 0 Å². The van der Waals surface area contributed by atoms with E-state index < -0.39 is 11.9 Å². The Morgan fingerprint density at radius 3 is 2.78 bits per heavy atom. The average molecular weight is 333 g/mol. The predicted octanol–water partition coefficient (Wildman–Crippen LogP) is 2.47. The number of nitrogens with one attached hydrogen (secondary N) is 2. The maximum atomic E-state index is 12.4. The molecule has 2 heterocycles. The summed E-state index contributed by atoms with van der Waals surface area (Å²) >= 11 is 1.61. The highest BCUT2D eigenvalue weighted by atomic mass is 32.2. The molecule has 0 radical (unpaired) electrons. The van der Waals surface area contributed by atoms with E-state index >= 15 is 0 Å². The second-order valence-electron chi connectivity index (χ2n) is 4.99. The quantitative estimate of drug-likeness (QED) is 0.813. The van der Waals surface area contributed by atoms with Crippen LogP contribution in [0, 0.1) is 6.92 Å². The number of aromatic nitrogens is 1. The molecule has 23 heavy (non-hydrogen) atoms. The highest BCUT2D eigenvalue weighted by Crippen LogP contribution is 2.08. The number of hydrogen-bond donors (Lipinski definition) is 2. The number of furan rings is 1. The first kappa shape index (κ1) is 17.1. The number of carbonyl (C=O) groups is 2. The van der Waals surface area contributed by atoms with Gasteiger partial charge in [0.05, 0.1) is 6.26 Å². The average Bonchev–Trinajstić information content (AvgIpc) is 3.08. The minimum atomic E-state index is -0.650. The molecular formula is C16H19N3O3S. The number of hydrogen-bond acceptors (Lipinski definition) is 5. The van der Waals surface area contributed by atoms with Gasteiger partial charge in [-0.05, 0) is 49.1 Å². The molecule has 2 rings (SSSR count). The van der Waals surface area contributed by atoms with Crippen molar-refractivity contribution in [1.29, 1.82) is 0 Å². The molecule has 0 spiro atoms. The summed E-state index contributed by atoms with van der Waals surface area (Å²) < 4.78 is 5.05. The fourth-order valence-electron chi connectivity index (χ4n) is 1.90. The van der Waals surface area contributed by atoms with Crippen molar-refractivity contribution in [3.05, 3.63) is 48.0 Å². The zero-order valence-corrected chi connectivity index (χ0v) is 13.9. The summed E-state index contributed by atoms with van der Waals surface area (Å²) in [5, 5.41) is 5.42. The normalized spacial score (nSPS) is 11.7. The van der Waals surface area contributed by atoms with Crippen molar-refractivity contribution in [2.45, 2.75) is 19.4 Å². The van der Waals surface area contributed by atoms with Gasteiger partial charge in [-0.1, -0.05) is 6.07 Å². The summed E-state index contributed by atoms with van der Waals surface area (Å²) in [5.41, 5.74) is 1.01. The molecule has 7 heteroatoms. The lowest BCUT2D eigenvalue weighted by molar-refractivity contribution is -0.118. The minimum absolute atomic E-state index is 0.181. The maximum absolute atomic E-state index is 12.4. The van der Waals surface area contributed by atoms with E-state index in [0.717, 1.165) is 11.3 Å². The molecule has 0 aliphatic rings. The molecule has 0 saturated carbocycles. The van der Waals surface area contributed by atoms with Crippen molar-refractivity contribution < 1.29 is 14.0 Å². The van der Waals surface area contributed by atoms with Crippen LogP contribution in [-0.2, 0) is 4.79 Å². The zero-order chi connectivity index (χ0) is 16.7. The van der Waals surface area contributed by atoms with Gasteiger partial charge in [0, 0.05) is 6.20 Å². The highest BCUT2D eigenvalue weighted by molar-refractivity contribution is 7.98. The zero-order valence-electron chi connectivity index (χ0n) is 13.0. The minimum Gasteiger partial charge on any atom is -0.459 e. The standard InChI is InChI=1S/C16H19N3O3S/c1-11-5-6-14(17-10-11)19-15(20)12(7-9-23-2)18-16(21)13-4-3-8-22-13/h3-6,8,10,12H,7,9H2,1-2H3,(H,18,21)(H,17,19,20)/t12-/m0/s1. The van der Waals surface area contributed by atoms with E-state index in [1.165, 1.54) is 6.26 Å². The summed E-state index contributed by atoms with van der Waals surface area (Å²) in [6, 6.07) is 6.12. The van der Waals surface area contributed by atoms with Crippen LogP contribution in [0.15, 0.2) is 41.1 Å². The first-order valence-corrected chi connectivity index (χ1v) is 8.56. The Morgan fingerprint density at radius 2 is 2.17 bits per heavy atom. The molecule has 122 valence electrons. The molecule has 1 atom stereocenters. The predicted molar refractivity (Wildman–Crippen MR) is 90.6 cm³/mol. The van der Waals surface area contributed by atoms with E-state index in [2.05, 4.69) is 15.6 Å². The number of nitrogens with zero attached hydrogens (tertiary/aromatic N) is 1. The lowest BCUT2D eigenvalue weighted by atomic mass is 10.2. The fraction of sp³-hybridized carbons (Fsp3) is 0.312. The summed E-state index contributed by atoms with van der Waals surface area (Å²) in [5.74, 6) is 0.684. The Hall–Kier alpha value is -2.28. The van der Waals surface area contributed by atoms with Crippen LogP contribution in [-0.4, -0.2) is 34.8 Å². The van der Waals surface area contributed by atoms with Gasteiger partial charge in [0.25, 0.3) is 5.91 Å². The van der Waals surface area contributed by atoms with Crippen LogP contribution in [0.3, 0.4) is 0 Å². The van der Waals surface area contributed by atoms with E-state index in [1.807, 2.05) is 19.2 Å². The van der Waals surface area contributed by atoms with Crippen molar-refractivity contribution in [1.82, 2.24) is 10.3 Å². The van der Waals surface area contributed by atoms with Gasteiger partial charge in [0.15, 0.2) is 5.76 Å². The lowest BCUT2D eigenvalue weighted by Gasteiger charge is -2.17. The lowest BCUT2D eigenvalue weighted by Crippen LogP contribution is -2.44. The molecule has 2 N–H and O–H groups in total. The molecule has 0 aromatic carbocycles. The van der Waals surface area contributed by atoms with Crippen molar-refractivity contribution in [2.24, 2.45) is 0 Å². The van der Waals surface area contributed by atoms with Crippen molar-refractivity contribution >= 4 is 29.4 Å². The molecule has 0 fully saturated rings. The molecule has 0 bridgehead atoms. The molecule has 0 saturated heterocycles. The molecule has 6 nitrogen and oxygen atoms in total. The largest absolute Gasteiger partial charge is 0.459 e. The number of thioether (sulfide) groups is 1. The van der Waals surface area contributed by atoms with E-state index in [0.29, 0.717) is 12.2 Å². The number of aryl methyl sites for hydroxylation is 1. The van der Waals surface area contributed by atoms with Gasteiger partial charge in [-0.3, -0.25) is 9.59 Å². The number of carbonyl (C=O) groups excluding carboxylic acids is 2. The molecule has 0 aliphatic carbocycles. The summed E-state index contributed by atoms with van der Waals surface area (Å²) in [6.45, 7) is 1.92. The molecule has 2 aromatic heterocycles. The Kier molecular flexibility index (Phi) is 6.22. The third-order valence-electron chi connectivity index (χ3n) is 3.14. The number of rotatable bonds is 7. The summed E-state index contributed by atoms with van der Waals surface area (Å²) in [4.78, 5) is 28.6. The van der Waals surface area contributed by atoms with Gasteiger partial charge in [-0.25, -0.2) is 4.98 Å². The van der Waals surface area contributed by atoms with Crippen molar-refractivity contribution in [3.63, 3.8) is 0 Å². The summed E-state index contributed by atoms with van der Waals surface area (Å²) in [7, 11) is 0. The van der Waals surface area contributed by atoms with Gasteiger partial charge >= 0.3 is 0 Å². The topological polar surface area (TPSA) is 84.2 Å². The maximum Gasteiger partial charge on any atom is 0.287 e. The Balaban J connectivity index is 2.02. The van der Waals surface area contributed by atoms with E-state index in [1.54, 1.807) is 36.2 Å². The van der Waals surface area contributed by atoms with Gasteiger partial charge in [-0.2, -0.15) is 11.8 Å². The Labute approximate surface area is 139 Å². The van der Waals surface area contributed by atoms with Crippen LogP contribution in [0.2, 0.25) is 0 Å². The molecule has 2 aromatic rings. The monoisotopic (exact) mass is 333 g/mol. The molecule has 0 aliphatic heterocycles. The second-order valence-corrected chi connectivity index (χ2v) is 5.98. The number of amides is 2.